The molecule has 0 N–H and O–H groups in total. The van der Waals surface area contributed by atoms with E-state index in [-0.39, 0.29) is 5.41 Å². The Morgan fingerprint density at radius 2 is 2.14 bits per heavy atom. The Kier molecular flexibility index (Phi) is 3.71. The summed E-state index contributed by atoms with van der Waals surface area (Å²) >= 11 is 1.75. The zero-order valence-corrected chi connectivity index (χ0v) is 10.6. The van der Waals surface area contributed by atoms with E-state index in [0.29, 0.717) is 5.92 Å². The van der Waals surface area contributed by atoms with E-state index in [2.05, 4.69) is 51.4 Å². The molecule has 0 aliphatic heterocycles. The molecule has 0 fully saturated rings. The lowest BCUT2D eigenvalue weighted by atomic mass is 9.93. The van der Waals surface area contributed by atoms with E-state index in [1.54, 1.807) is 11.3 Å². The van der Waals surface area contributed by atoms with Gasteiger partial charge < -0.3 is 0 Å². The van der Waals surface area contributed by atoms with Gasteiger partial charge in [0.25, 0.3) is 0 Å². The minimum atomic E-state index is 0.179. The molecule has 1 aromatic heterocycles. The molecule has 0 saturated heterocycles. The number of hydrogen-bond donors (Lipinski definition) is 0. The monoisotopic (exact) mass is 210 g/mol. The first kappa shape index (κ1) is 11.7. The molecule has 0 saturated carbocycles. The zero-order chi connectivity index (χ0) is 10.8. The van der Waals surface area contributed by atoms with Crippen LogP contribution in [0.2, 0.25) is 0 Å². The van der Waals surface area contributed by atoms with E-state index in [1.165, 1.54) is 17.1 Å². The average Bonchev–Trinajstić information content (AvgIpc) is 2.51. The van der Waals surface area contributed by atoms with E-state index in [9.17, 15) is 0 Å². The third-order valence-electron chi connectivity index (χ3n) is 2.36. The fraction of sp³-hybridized carbons (Fsp3) is 0.667. The molecule has 1 rings (SSSR count). The second-order valence-corrected chi connectivity index (χ2v) is 5.76. The number of hydrogen-bond acceptors (Lipinski definition) is 2. The average molecular weight is 210 g/mol. The molecule has 1 atom stereocenters. The van der Waals surface area contributed by atoms with Crippen LogP contribution in [-0.4, -0.2) is 4.98 Å². The second kappa shape index (κ2) is 4.43. The first-order chi connectivity index (χ1) is 6.43. The summed E-state index contributed by atoms with van der Waals surface area (Å²) in [5, 5.41) is 3.35. The van der Waals surface area contributed by atoms with Crippen LogP contribution in [0.3, 0.4) is 0 Å². The molecule has 1 radical (unpaired) electrons. The van der Waals surface area contributed by atoms with Gasteiger partial charge in [-0.2, -0.15) is 0 Å². The highest BCUT2D eigenvalue weighted by Gasteiger charge is 2.17. The highest BCUT2D eigenvalue weighted by atomic mass is 32.1. The van der Waals surface area contributed by atoms with Gasteiger partial charge in [-0.1, -0.05) is 41.0 Å². The molecule has 2 heteroatoms. The van der Waals surface area contributed by atoms with Crippen molar-refractivity contribution in [2.45, 2.75) is 46.5 Å². The minimum absolute atomic E-state index is 0.179. The van der Waals surface area contributed by atoms with Crippen LogP contribution in [0.25, 0.3) is 0 Å². The first-order valence-electron chi connectivity index (χ1n) is 5.24. The predicted octanol–water partition coefficient (Wildman–Crippen LogP) is 4.04. The minimum Gasteiger partial charge on any atom is -0.245 e. The fourth-order valence-corrected chi connectivity index (χ4v) is 2.17. The largest absolute Gasteiger partial charge is 0.245 e. The van der Waals surface area contributed by atoms with Crippen molar-refractivity contribution in [2.75, 3.05) is 0 Å². The Hall–Kier alpha value is -0.370. The number of aromatic nitrogens is 1. The van der Waals surface area contributed by atoms with Crippen LogP contribution < -0.4 is 0 Å². The van der Waals surface area contributed by atoms with Gasteiger partial charge in [0.2, 0.25) is 0 Å². The van der Waals surface area contributed by atoms with Crippen molar-refractivity contribution in [3.05, 3.63) is 22.5 Å². The molecule has 0 spiro atoms. The lowest BCUT2D eigenvalue weighted by Crippen LogP contribution is -2.11. The van der Waals surface area contributed by atoms with Crippen LogP contribution in [0.4, 0.5) is 0 Å². The van der Waals surface area contributed by atoms with Crippen molar-refractivity contribution in [1.29, 1.82) is 0 Å². The fourth-order valence-electron chi connectivity index (χ4n) is 1.07. The number of nitrogens with zero attached hydrogens (tertiary/aromatic N) is 1. The molecule has 14 heavy (non-hydrogen) atoms. The van der Waals surface area contributed by atoms with Crippen LogP contribution in [0.5, 0.6) is 0 Å². The summed E-state index contributed by atoms with van der Waals surface area (Å²) in [6, 6.07) is 0. The number of rotatable bonds is 3. The van der Waals surface area contributed by atoms with Crippen LogP contribution in [0, 0.1) is 12.3 Å². The second-order valence-electron chi connectivity index (χ2n) is 4.87. The lowest BCUT2D eigenvalue weighted by Gasteiger charge is -2.14. The molecule has 1 nitrogen and oxygen atoms in total. The van der Waals surface area contributed by atoms with Gasteiger partial charge in [0, 0.05) is 17.2 Å². The Balaban J connectivity index is 2.69. The quantitative estimate of drug-likeness (QED) is 0.733. The van der Waals surface area contributed by atoms with Crippen molar-refractivity contribution < 1.29 is 0 Å². The van der Waals surface area contributed by atoms with Crippen molar-refractivity contribution in [3.63, 3.8) is 0 Å². The normalized spacial score (nSPS) is 14.4. The lowest BCUT2D eigenvalue weighted by molar-refractivity contribution is 0.570. The van der Waals surface area contributed by atoms with Crippen LogP contribution in [-0.2, 0) is 5.41 Å². The van der Waals surface area contributed by atoms with Crippen LogP contribution >= 0.6 is 11.3 Å². The maximum Gasteiger partial charge on any atom is 0.0969 e. The Morgan fingerprint density at radius 3 is 2.57 bits per heavy atom. The maximum atomic E-state index is 4.63. The first-order valence-corrected chi connectivity index (χ1v) is 6.12. The third-order valence-corrected chi connectivity index (χ3v) is 3.17. The van der Waals surface area contributed by atoms with Crippen molar-refractivity contribution in [1.82, 2.24) is 4.98 Å². The topological polar surface area (TPSA) is 12.9 Å². The molecular weight excluding hydrogens is 190 g/mol. The van der Waals surface area contributed by atoms with E-state index in [4.69, 9.17) is 0 Å². The van der Waals surface area contributed by atoms with Crippen molar-refractivity contribution >= 4 is 11.3 Å². The van der Waals surface area contributed by atoms with E-state index in [1.807, 2.05) is 0 Å². The molecule has 0 unspecified atom stereocenters. The van der Waals surface area contributed by atoms with Gasteiger partial charge in [-0.05, 0) is 5.92 Å². The molecule has 1 aromatic rings. The SMILES string of the molecule is CC[C@@H](C)[CH]c1nc(C(C)(C)C)cs1. The molecule has 79 valence electrons. The van der Waals surface area contributed by atoms with E-state index < -0.39 is 0 Å². The molecule has 0 amide bonds. The third kappa shape index (κ3) is 3.09. The Bertz CT molecular complexity index is 283. The summed E-state index contributed by atoms with van der Waals surface area (Å²) in [7, 11) is 0. The standard InChI is InChI=1S/C12H20NS/c1-6-9(2)7-11-13-10(8-14-11)12(3,4)5/h7-9H,6H2,1-5H3/t9-/m1/s1. The van der Waals surface area contributed by atoms with Gasteiger partial charge in [-0.15, -0.1) is 11.3 Å². The van der Waals surface area contributed by atoms with Gasteiger partial charge in [-0.25, -0.2) is 4.98 Å². The van der Waals surface area contributed by atoms with Crippen LogP contribution in [0.1, 0.15) is 51.7 Å². The molecular formula is C12H20NS. The summed E-state index contributed by atoms with van der Waals surface area (Å²) in [6.45, 7) is 11.1. The molecule has 0 aromatic carbocycles. The highest BCUT2D eigenvalue weighted by molar-refractivity contribution is 7.10. The van der Waals surface area contributed by atoms with Gasteiger partial charge in [0.1, 0.15) is 0 Å². The van der Waals surface area contributed by atoms with Crippen LogP contribution in [0.15, 0.2) is 5.38 Å². The Morgan fingerprint density at radius 1 is 1.50 bits per heavy atom. The molecule has 1 heterocycles. The van der Waals surface area contributed by atoms with Gasteiger partial charge in [0.05, 0.1) is 10.7 Å². The predicted molar refractivity (Wildman–Crippen MR) is 63.7 cm³/mol. The highest BCUT2D eigenvalue weighted by Crippen LogP contribution is 2.26. The van der Waals surface area contributed by atoms with Gasteiger partial charge in [-0.3, -0.25) is 0 Å². The molecule has 0 bridgehead atoms. The summed E-state index contributed by atoms with van der Waals surface area (Å²) in [4.78, 5) is 4.63. The number of thiazole rings is 1. The summed E-state index contributed by atoms with van der Waals surface area (Å²) in [6.07, 6.45) is 3.45. The summed E-state index contributed by atoms with van der Waals surface area (Å²) in [5.74, 6) is 0.633. The van der Waals surface area contributed by atoms with Crippen molar-refractivity contribution in [2.24, 2.45) is 5.92 Å². The van der Waals surface area contributed by atoms with Gasteiger partial charge in [0.15, 0.2) is 0 Å². The maximum absolute atomic E-state index is 4.63. The molecule has 0 aliphatic carbocycles. The Labute approximate surface area is 91.6 Å². The van der Waals surface area contributed by atoms with Crippen molar-refractivity contribution in [3.8, 4) is 0 Å². The smallest absolute Gasteiger partial charge is 0.0969 e. The van der Waals surface area contributed by atoms with E-state index >= 15 is 0 Å². The molecule has 0 aliphatic rings. The van der Waals surface area contributed by atoms with E-state index in [0.717, 1.165) is 0 Å². The summed E-state index contributed by atoms with van der Waals surface area (Å²) in [5.41, 5.74) is 1.38. The zero-order valence-electron chi connectivity index (χ0n) is 9.79. The van der Waals surface area contributed by atoms with Gasteiger partial charge >= 0.3 is 0 Å². The summed E-state index contributed by atoms with van der Waals surface area (Å²) < 4.78 is 0.